The molecule has 0 aliphatic heterocycles. The molecule has 0 spiro atoms. The van der Waals surface area contributed by atoms with Crippen LogP contribution in [0.5, 0.6) is 0 Å². The van der Waals surface area contributed by atoms with Gasteiger partial charge in [-0.3, -0.25) is 4.79 Å². The Bertz CT molecular complexity index is 1010. The predicted octanol–water partition coefficient (Wildman–Crippen LogP) is 4.14. The molecule has 0 aliphatic carbocycles. The lowest BCUT2D eigenvalue weighted by molar-refractivity contribution is -0.123. The maximum absolute atomic E-state index is 12.3. The van der Waals surface area contributed by atoms with Gasteiger partial charge in [-0.05, 0) is 50.2 Å². The molecule has 6 nitrogen and oxygen atoms in total. The van der Waals surface area contributed by atoms with Crippen molar-refractivity contribution in [3.8, 4) is 0 Å². The van der Waals surface area contributed by atoms with Gasteiger partial charge in [0, 0.05) is 22.5 Å². The van der Waals surface area contributed by atoms with Crippen LogP contribution in [0.15, 0.2) is 53.6 Å². The van der Waals surface area contributed by atoms with Gasteiger partial charge in [-0.2, -0.15) is 8.78 Å². The molecular formula is C19H17F2N3O3S. The van der Waals surface area contributed by atoms with Gasteiger partial charge < -0.3 is 14.5 Å². The van der Waals surface area contributed by atoms with Crippen molar-refractivity contribution in [1.82, 2.24) is 9.38 Å². The van der Waals surface area contributed by atoms with E-state index in [-0.39, 0.29) is 5.69 Å². The Morgan fingerprint density at radius 2 is 1.89 bits per heavy atom. The zero-order valence-electron chi connectivity index (χ0n) is 15.1. The maximum atomic E-state index is 12.3. The van der Waals surface area contributed by atoms with Crippen LogP contribution in [-0.4, -0.2) is 33.1 Å². The normalized spacial score (nSPS) is 12.2. The molecule has 146 valence electrons. The van der Waals surface area contributed by atoms with Crippen molar-refractivity contribution < 1.29 is 23.1 Å². The topological polar surface area (TPSA) is 72.7 Å². The van der Waals surface area contributed by atoms with Crippen molar-refractivity contribution in [2.45, 2.75) is 30.6 Å². The number of rotatable bonds is 6. The number of ether oxygens (including phenoxy) is 1. The van der Waals surface area contributed by atoms with Gasteiger partial charge in [-0.1, -0.05) is 17.8 Å². The summed E-state index contributed by atoms with van der Waals surface area (Å²) < 4.78 is 31.6. The van der Waals surface area contributed by atoms with E-state index in [9.17, 15) is 18.4 Å². The maximum Gasteiger partial charge on any atom is 0.359 e. The third-order valence-electron chi connectivity index (χ3n) is 3.91. The second-order valence-corrected chi connectivity index (χ2v) is 7.02. The molecule has 0 saturated carbocycles. The summed E-state index contributed by atoms with van der Waals surface area (Å²) >= 11 is 0.417. The lowest BCUT2D eigenvalue weighted by Crippen LogP contribution is -2.30. The van der Waals surface area contributed by atoms with Crippen LogP contribution >= 0.6 is 11.8 Å². The predicted molar refractivity (Wildman–Crippen MR) is 102 cm³/mol. The first-order chi connectivity index (χ1) is 13.3. The summed E-state index contributed by atoms with van der Waals surface area (Å²) in [6.45, 7) is 3.32. The number of carbonyl (C=O) groups is 2. The van der Waals surface area contributed by atoms with Crippen LogP contribution in [0.4, 0.5) is 14.5 Å². The average Bonchev–Trinajstić information content (AvgIpc) is 3.09. The summed E-state index contributed by atoms with van der Waals surface area (Å²) in [4.78, 5) is 29.1. The van der Waals surface area contributed by atoms with E-state index < -0.39 is 23.7 Å². The highest BCUT2D eigenvalue weighted by Gasteiger charge is 2.21. The van der Waals surface area contributed by atoms with Crippen molar-refractivity contribution in [3.63, 3.8) is 0 Å². The van der Waals surface area contributed by atoms with E-state index in [0.717, 1.165) is 5.69 Å². The molecule has 28 heavy (non-hydrogen) atoms. The van der Waals surface area contributed by atoms with Crippen molar-refractivity contribution in [1.29, 1.82) is 0 Å². The van der Waals surface area contributed by atoms with Gasteiger partial charge in [0.25, 0.3) is 11.7 Å². The quantitative estimate of drug-likeness (QED) is 0.493. The summed E-state index contributed by atoms with van der Waals surface area (Å²) in [5.74, 6) is -3.76. The number of benzene rings is 1. The molecule has 0 aliphatic rings. The van der Waals surface area contributed by atoms with E-state index in [1.807, 2.05) is 19.1 Å². The van der Waals surface area contributed by atoms with Gasteiger partial charge in [0.15, 0.2) is 11.8 Å². The number of aryl methyl sites for hydroxylation is 1. The Hall–Kier alpha value is -2.94. The van der Waals surface area contributed by atoms with Crippen molar-refractivity contribution >= 4 is 35.0 Å². The monoisotopic (exact) mass is 405 g/mol. The van der Waals surface area contributed by atoms with Crippen LogP contribution in [0, 0.1) is 6.92 Å². The molecule has 0 bridgehead atoms. The number of esters is 1. The van der Waals surface area contributed by atoms with E-state index in [1.54, 1.807) is 16.7 Å². The molecule has 9 heteroatoms. The summed E-state index contributed by atoms with van der Waals surface area (Å²) in [5.41, 5.74) is 2.02. The highest BCUT2D eigenvalue weighted by atomic mass is 32.2. The third-order valence-corrected chi connectivity index (χ3v) is 4.63. The standard InChI is InChI=1S/C19H17F2N3O3S/c1-11-4-3-5-16-23-15(10-24(11)16)18(26)27-12(2)17(25)22-13-6-8-14(9-7-13)28-19(20)21/h3-10,12,19H,1-2H3,(H,22,25)/t12-/m0/s1. The molecule has 0 unspecified atom stereocenters. The number of hydrogen-bond acceptors (Lipinski definition) is 5. The molecule has 3 rings (SSSR count). The third kappa shape index (κ3) is 4.66. The van der Waals surface area contributed by atoms with Crippen molar-refractivity contribution in [2.24, 2.45) is 0 Å². The minimum absolute atomic E-state index is 0.0994. The highest BCUT2D eigenvalue weighted by Crippen LogP contribution is 2.26. The Balaban J connectivity index is 1.61. The molecule has 1 amide bonds. The molecule has 0 fully saturated rings. The molecule has 2 aromatic heterocycles. The first kappa shape index (κ1) is 19.8. The van der Waals surface area contributed by atoms with E-state index in [0.29, 0.717) is 28.0 Å². The summed E-state index contributed by atoms with van der Waals surface area (Å²) in [5, 5.41) is 2.58. The Labute approximate surface area is 163 Å². The largest absolute Gasteiger partial charge is 0.448 e. The molecule has 2 heterocycles. The Kier molecular flexibility index (Phi) is 5.93. The van der Waals surface area contributed by atoms with Gasteiger partial charge in [0.05, 0.1) is 0 Å². The summed E-state index contributed by atoms with van der Waals surface area (Å²) in [7, 11) is 0. The second kappa shape index (κ2) is 8.39. The number of alkyl halides is 2. The van der Waals surface area contributed by atoms with E-state index in [4.69, 9.17) is 4.74 Å². The van der Waals surface area contributed by atoms with E-state index in [1.165, 1.54) is 31.2 Å². The molecule has 1 N–H and O–H groups in total. The number of anilines is 1. The van der Waals surface area contributed by atoms with E-state index >= 15 is 0 Å². The number of thioether (sulfide) groups is 1. The minimum atomic E-state index is -2.51. The number of nitrogens with zero attached hydrogens (tertiary/aromatic N) is 2. The van der Waals surface area contributed by atoms with Crippen molar-refractivity contribution in [2.75, 3.05) is 5.32 Å². The fourth-order valence-corrected chi connectivity index (χ4v) is 2.98. The molecule has 3 aromatic rings. The van der Waals surface area contributed by atoms with Gasteiger partial charge in [0.2, 0.25) is 0 Å². The number of aromatic nitrogens is 2. The van der Waals surface area contributed by atoms with E-state index in [2.05, 4.69) is 10.3 Å². The van der Waals surface area contributed by atoms with Gasteiger partial charge in [-0.25, -0.2) is 9.78 Å². The average molecular weight is 405 g/mol. The fourth-order valence-electron chi connectivity index (χ4n) is 2.48. The number of hydrogen-bond donors (Lipinski definition) is 1. The van der Waals surface area contributed by atoms with Gasteiger partial charge in [-0.15, -0.1) is 0 Å². The highest BCUT2D eigenvalue weighted by molar-refractivity contribution is 7.99. The lowest BCUT2D eigenvalue weighted by Gasteiger charge is -2.13. The first-order valence-corrected chi connectivity index (χ1v) is 9.23. The smallest absolute Gasteiger partial charge is 0.359 e. The molecule has 0 radical (unpaired) electrons. The minimum Gasteiger partial charge on any atom is -0.448 e. The molecule has 1 aromatic carbocycles. The van der Waals surface area contributed by atoms with Crippen LogP contribution in [-0.2, 0) is 9.53 Å². The summed E-state index contributed by atoms with van der Waals surface area (Å²) in [6.07, 6.45) is 0.491. The first-order valence-electron chi connectivity index (χ1n) is 8.35. The lowest BCUT2D eigenvalue weighted by atomic mass is 10.3. The van der Waals surface area contributed by atoms with Crippen molar-refractivity contribution in [3.05, 3.63) is 60.0 Å². The van der Waals surface area contributed by atoms with Crippen LogP contribution in [0.2, 0.25) is 0 Å². The SMILES string of the molecule is Cc1cccc2nc(C(=O)O[C@@H](C)C(=O)Nc3ccc(SC(F)F)cc3)cn12. The number of nitrogens with one attached hydrogen (secondary N) is 1. The number of halogens is 2. The number of pyridine rings is 1. The number of imidazole rings is 1. The van der Waals surface area contributed by atoms with Crippen LogP contribution in [0.25, 0.3) is 5.65 Å². The van der Waals surface area contributed by atoms with Crippen LogP contribution in [0.3, 0.4) is 0 Å². The van der Waals surface area contributed by atoms with Gasteiger partial charge in [0.1, 0.15) is 5.65 Å². The van der Waals surface area contributed by atoms with Crippen LogP contribution in [0.1, 0.15) is 23.1 Å². The number of fused-ring (bicyclic) bond motifs is 1. The van der Waals surface area contributed by atoms with Crippen LogP contribution < -0.4 is 5.32 Å². The van der Waals surface area contributed by atoms with Gasteiger partial charge >= 0.3 is 5.97 Å². The zero-order chi connectivity index (χ0) is 20.3. The molecule has 1 atom stereocenters. The Morgan fingerprint density at radius 1 is 1.18 bits per heavy atom. The summed E-state index contributed by atoms with van der Waals surface area (Å²) in [6, 6.07) is 11.4. The fraction of sp³-hybridized carbons (Fsp3) is 0.211. The molecule has 0 saturated heterocycles. The molecular weight excluding hydrogens is 388 g/mol. The second-order valence-electron chi connectivity index (χ2n) is 5.96. The Morgan fingerprint density at radius 3 is 2.54 bits per heavy atom. The zero-order valence-corrected chi connectivity index (χ0v) is 15.9. The number of carbonyl (C=O) groups excluding carboxylic acids is 2. The number of amides is 1.